The molecule has 0 unspecified atom stereocenters. The first-order valence-corrected chi connectivity index (χ1v) is 18.1. The van der Waals surface area contributed by atoms with Crippen molar-refractivity contribution in [1.82, 2.24) is 14.8 Å². The highest BCUT2D eigenvalue weighted by atomic mass is 35.5. The molecule has 6 rings (SSSR count). The zero-order valence-electron chi connectivity index (χ0n) is 31.4. The molecule has 1 aliphatic rings. The van der Waals surface area contributed by atoms with Crippen molar-refractivity contribution >= 4 is 24.4 Å². The highest BCUT2D eigenvalue weighted by molar-refractivity contribution is 5.92. The molecule has 5 aromatic rings. The van der Waals surface area contributed by atoms with Gasteiger partial charge in [0, 0.05) is 56.9 Å². The Hall–Kier alpha value is -5.90. The lowest BCUT2D eigenvalue weighted by Crippen LogP contribution is -2.47. The van der Waals surface area contributed by atoms with E-state index in [0.29, 0.717) is 80.0 Å². The van der Waals surface area contributed by atoms with Gasteiger partial charge in [0.05, 0.1) is 30.0 Å². The summed E-state index contributed by atoms with van der Waals surface area (Å²) in [5, 5.41) is 8.96. The van der Waals surface area contributed by atoms with Crippen molar-refractivity contribution in [2.75, 3.05) is 32.8 Å². The van der Waals surface area contributed by atoms with E-state index < -0.39 is 11.7 Å². The Morgan fingerprint density at radius 3 is 2.14 bits per heavy atom. The van der Waals surface area contributed by atoms with Crippen LogP contribution in [0.15, 0.2) is 103 Å². The van der Waals surface area contributed by atoms with Crippen LogP contribution >= 0.6 is 12.4 Å². The molecule has 1 saturated heterocycles. The Labute approximate surface area is 335 Å². The van der Waals surface area contributed by atoms with Gasteiger partial charge in [-0.25, -0.2) is 9.37 Å². The second kappa shape index (κ2) is 19.3. The normalized spacial score (nSPS) is 13.2. The summed E-state index contributed by atoms with van der Waals surface area (Å²) in [5.74, 6) is 1.57. The number of hydrogen-bond donors (Lipinski definition) is 0. The molecule has 57 heavy (non-hydrogen) atoms. The molecule has 296 valence electrons. The number of rotatable bonds is 13. The third kappa shape index (κ3) is 11.8. The standard InChI is InChI=1S/C44H40F4N4O4.ClH/c1-30-23-35(24-31(2)43(30)56-41-15-14-39(27-50-41)55-29-34-5-3-33(26-49)4-6-34)8-16-42(53)52-20-18-51(19-21-52)28-36-9-7-32(25-40(36)45)17-22-54-38-12-10-37(11-13-38)44(46,47)48;/h3-16,23-25,27H,17-22,28-29H2,1-2H3;1H. The first-order valence-electron chi connectivity index (χ1n) is 18.1. The van der Waals surface area contributed by atoms with Crippen LogP contribution in [0.25, 0.3) is 6.08 Å². The number of hydrogen-bond acceptors (Lipinski definition) is 7. The number of aryl methyl sites for hydroxylation is 2. The Morgan fingerprint density at radius 2 is 1.53 bits per heavy atom. The van der Waals surface area contributed by atoms with Crippen LogP contribution in [0.2, 0.25) is 0 Å². The molecule has 8 nitrogen and oxygen atoms in total. The number of piperazine rings is 1. The van der Waals surface area contributed by atoms with E-state index in [1.807, 2.05) is 44.2 Å². The van der Waals surface area contributed by atoms with Gasteiger partial charge in [0.2, 0.25) is 11.8 Å². The smallest absolute Gasteiger partial charge is 0.416 e. The Kier molecular flexibility index (Phi) is 14.3. The second-order valence-corrected chi connectivity index (χ2v) is 13.5. The van der Waals surface area contributed by atoms with Gasteiger partial charge in [-0.05, 0) is 108 Å². The van der Waals surface area contributed by atoms with E-state index in [0.717, 1.165) is 39.9 Å². The molecule has 0 spiro atoms. The molecule has 4 aromatic carbocycles. The average Bonchev–Trinajstić information content (AvgIpc) is 3.19. The van der Waals surface area contributed by atoms with Gasteiger partial charge in [-0.3, -0.25) is 9.69 Å². The minimum Gasteiger partial charge on any atom is -0.493 e. The summed E-state index contributed by atoms with van der Waals surface area (Å²) in [6, 6.07) is 26.2. The maximum Gasteiger partial charge on any atom is 0.416 e. The molecule has 0 radical (unpaired) electrons. The Bertz CT molecular complexity index is 2180. The number of aromatic nitrogens is 1. The van der Waals surface area contributed by atoms with E-state index in [2.05, 4.69) is 16.0 Å². The number of amides is 1. The fourth-order valence-electron chi connectivity index (χ4n) is 6.24. The van der Waals surface area contributed by atoms with Crippen molar-refractivity contribution in [3.8, 4) is 29.2 Å². The molecular weight excluding hydrogens is 760 g/mol. The zero-order valence-corrected chi connectivity index (χ0v) is 32.2. The molecule has 1 aromatic heterocycles. The fourth-order valence-corrected chi connectivity index (χ4v) is 6.24. The Morgan fingerprint density at radius 1 is 0.860 bits per heavy atom. The number of ether oxygens (including phenoxy) is 3. The molecular formula is C44H41ClF4N4O4. The molecule has 0 N–H and O–H groups in total. The minimum atomic E-state index is -4.41. The summed E-state index contributed by atoms with van der Waals surface area (Å²) in [6.07, 6.45) is 0.955. The Balaban J connectivity index is 0.00000620. The topological polar surface area (TPSA) is 87.9 Å². The van der Waals surface area contributed by atoms with E-state index in [4.69, 9.17) is 19.5 Å². The molecule has 0 saturated carbocycles. The number of nitrogens with zero attached hydrogens (tertiary/aromatic N) is 4. The number of benzene rings is 4. The van der Waals surface area contributed by atoms with Gasteiger partial charge >= 0.3 is 6.18 Å². The number of alkyl halides is 3. The van der Waals surface area contributed by atoms with Crippen molar-refractivity contribution in [1.29, 1.82) is 5.26 Å². The molecule has 1 fully saturated rings. The van der Waals surface area contributed by atoms with Gasteiger partial charge in [-0.2, -0.15) is 18.4 Å². The average molecular weight is 801 g/mol. The van der Waals surface area contributed by atoms with Crippen LogP contribution in [-0.2, 0) is 30.5 Å². The maximum atomic E-state index is 15.0. The van der Waals surface area contributed by atoms with Crippen LogP contribution < -0.4 is 14.2 Å². The number of carbonyl (C=O) groups excluding carboxylic acids is 1. The molecule has 2 heterocycles. The summed E-state index contributed by atoms with van der Waals surface area (Å²) < 4.78 is 70.8. The van der Waals surface area contributed by atoms with Gasteiger partial charge in [0.1, 0.15) is 29.7 Å². The molecule has 13 heteroatoms. The lowest BCUT2D eigenvalue weighted by Gasteiger charge is -2.34. The van der Waals surface area contributed by atoms with E-state index in [-0.39, 0.29) is 30.7 Å². The van der Waals surface area contributed by atoms with Crippen molar-refractivity contribution in [2.45, 2.75) is 39.6 Å². The van der Waals surface area contributed by atoms with Gasteiger partial charge < -0.3 is 19.1 Å². The summed E-state index contributed by atoms with van der Waals surface area (Å²) in [5.41, 5.74) is 4.70. The molecule has 0 atom stereocenters. The van der Waals surface area contributed by atoms with Crippen LogP contribution in [0.1, 0.15) is 44.5 Å². The van der Waals surface area contributed by atoms with Crippen LogP contribution in [0, 0.1) is 31.0 Å². The number of carbonyl (C=O) groups is 1. The maximum absolute atomic E-state index is 15.0. The largest absolute Gasteiger partial charge is 0.493 e. The van der Waals surface area contributed by atoms with Crippen molar-refractivity contribution < 1.29 is 36.6 Å². The van der Waals surface area contributed by atoms with Crippen LogP contribution in [0.5, 0.6) is 23.1 Å². The highest BCUT2D eigenvalue weighted by Gasteiger charge is 2.30. The van der Waals surface area contributed by atoms with Gasteiger partial charge in [0.15, 0.2) is 0 Å². The SMILES string of the molecule is Cc1cc(C=CC(=O)N2CCN(Cc3ccc(CCOc4ccc(C(F)(F)F)cc4)cc3F)CC2)cc(C)c1Oc1ccc(OCc2ccc(C#N)cc2)cn1.Cl. The summed E-state index contributed by atoms with van der Waals surface area (Å²) in [4.78, 5) is 21.3. The molecule has 0 aliphatic carbocycles. The van der Waals surface area contributed by atoms with Gasteiger partial charge in [-0.15, -0.1) is 12.4 Å². The number of nitriles is 1. The summed E-state index contributed by atoms with van der Waals surface area (Å²) in [6.45, 7) is 7.06. The van der Waals surface area contributed by atoms with Crippen molar-refractivity contribution in [3.63, 3.8) is 0 Å². The lowest BCUT2D eigenvalue weighted by molar-refractivity contribution is -0.137. The van der Waals surface area contributed by atoms with E-state index in [1.165, 1.54) is 18.2 Å². The van der Waals surface area contributed by atoms with Crippen LogP contribution in [0.4, 0.5) is 17.6 Å². The quantitative estimate of drug-likeness (QED) is 0.0867. The van der Waals surface area contributed by atoms with E-state index in [9.17, 15) is 18.0 Å². The highest BCUT2D eigenvalue weighted by Crippen LogP contribution is 2.31. The van der Waals surface area contributed by atoms with Crippen molar-refractivity contribution in [3.05, 3.63) is 154 Å². The van der Waals surface area contributed by atoms with Crippen molar-refractivity contribution in [2.24, 2.45) is 0 Å². The summed E-state index contributed by atoms with van der Waals surface area (Å²) >= 11 is 0. The first-order chi connectivity index (χ1) is 26.9. The predicted molar refractivity (Wildman–Crippen MR) is 211 cm³/mol. The van der Waals surface area contributed by atoms with E-state index >= 15 is 4.39 Å². The lowest BCUT2D eigenvalue weighted by atomic mass is 10.1. The summed E-state index contributed by atoms with van der Waals surface area (Å²) in [7, 11) is 0. The number of halogens is 5. The minimum absolute atomic E-state index is 0. The zero-order chi connectivity index (χ0) is 39.7. The van der Waals surface area contributed by atoms with Crippen LogP contribution in [-0.4, -0.2) is 53.5 Å². The molecule has 1 aliphatic heterocycles. The molecule has 1 amide bonds. The predicted octanol–water partition coefficient (Wildman–Crippen LogP) is 9.50. The molecule has 0 bridgehead atoms. The monoisotopic (exact) mass is 800 g/mol. The third-order valence-corrected chi connectivity index (χ3v) is 9.34. The van der Waals surface area contributed by atoms with E-state index in [1.54, 1.807) is 53.6 Å². The second-order valence-electron chi connectivity index (χ2n) is 13.5. The third-order valence-electron chi connectivity index (χ3n) is 9.34. The fraction of sp³-hybridized carbons (Fsp3) is 0.250. The number of pyridine rings is 1. The van der Waals surface area contributed by atoms with Crippen LogP contribution in [0.3, 0.4) is 0 Å². The van der Waals surface area contributed by atoms with Gasteiger partial charge in [0.25, 0.3) is 0 Å². The first kappa shape index (κ1) is 42.2. The van der Waals surface area contributed by atoms with Gasteiger partial charge in [-0.1, -0.05) is 24.3 Å².